The van der Waals surface area contributed by atoms with Crippen molar-refractivity contribution in [2.24, 2.45) is 5.92 Å². The predicted octanol–water partition coefficient (Wildman–Crippen LogP) is 3.26. The normalized spacial score (nSPS) is 15.8. The summed E-state index contributed by atoms with van der Waals surface area (Å²) in [7, 11) is 0. The molecule has 1 fully saturated rings. The van der Waals surface area contributed by atoms with E-state index in [4.69, 9.17) is 0 Å². The van der Waals surface area contributed by atoms with Crippen LogP contribution < -0.4 is 10.6 Å². The summed E-state index contributed by atoms with van der Waals surface area (Å²) in [6, 6.07) is -0.0410. The number of amides is 2. The summed E-state index contributed by atoms with van der Waals surface area (Å²) < 4.78 is 0. The average molecular weight is 337 g/mol. The molecule has 0 unspecified atom stereocenters. The second-order valence-electron chi connectivity index (χ2n) is 5.37. The van der Waals surface area contributed by atoms with Gasteiger partial charge in [0.15, 0.2) is 10.3 Å². The largest absolute Gasteiger partial charge is 0.361 e. The molecule has 1 aliphatic heterocycles. The maximum Gasteiger partial charge on any atom is 0.323 e. The van der Waals surface area contributed by atoms with Gasteiger partial charge in [-0.1, -0.05) is 0 Å². The Morgan fingerprint density at radius 2 is 2.18 bits per heavy atom. The summed E-state index contributed by atoms with van der Waals surface area (Å²) in [4.78, 5) is 22.5. The standard InChI is InChI=1S/C14H19N5OS2/c1-10-9-22-13(17-10)18-14(20)19-5-2-11(3-6-19)8-16-12-15-4-7-21-12/h4,7,9,11H,2-3,5-6,8H2,1H3,(H,15,16)(H,17,18,20). The van der Waals surface area contributed by atoms with Crippen LogP contribution in [0.4, 0.5) is 15.1 Å². The molecule has 0 spiro atoms. The first-order valence-corrected chi connectivity index (χ1v) is 9.08. The van der Waals surface area contributed by atoms with E-state index < -0.39 is 0 Å². The second kappa shape index (κ2) is 7.06. The number of piperidine rings is 1. The molecular weight excluding hydrogens is 318 g/mol. The summed E-state index contributed by atoms with van der Waals surface area (Å²) in [5.41, 5.74) is 0.937. The van der Waals surface area contributed by atoms with E-state index in [1.807, 2.05) is 22.6 Å². The van der Waals surface area contributed by atoms with Crippen LogP contribution in [0.1, 0.15) is 18.5 Å². The molecule has 0 saturated carbocycles. The van der Waals surface area contributed by atoms with Crippen LogP contribution in [-0.4, -0.2) is 40.5 Å². The number of hydrogen-bond donors (Lipinski definition) is 2. The molecule has 6 nitrogen and oxygen atoms in total. The van der Waals surface area contributed by atoms with Gasteiger partial charge < -0.3 is 10.2 Å². The van der Waals surface area contributed by atoms with Gasteiger partial charge in [0, 0.05) is 36.6 Å². The molecule has 2 amide bonds. The lowest BCUT2D eigenvalue weighted by Gasteiger charge is -2.31. The van der Waals surface area contributed by atoms with Crippen LogP contribution >= 0.6 is 22.7 Å². The van der Waals surface area contributed by atoms with E-state index >= 15 is 0 Å². The number of anilines is 2. The Morgan fingerprint density at radius 1 is 1.36 bits per heavy atom. The number of likely N-dealkylation sites (tertiary alicyclic amines) is 1. The van der Waals surface area contributed by atoms with E-state index in [9.17, 15) is 4.79 Å². The maximum atomic E-state index is 12.2. The first-order valence-electron chi connectivity index (χ1n) is 7.32. The highest BCUT2D eigenvalue weighted by molar-refractivity contribution is 7.14. The number of urea groups is 1. The summed E-state index contributed by atoms with van der Waals surface area (Å²) in [6.45, 7) is 4.43. The maximum absolute atomic E-state index is 12.2. The number of aromatic nitrogens is 2. The van der Waals surface area contributed by atoms with Crippen LogP contribution in [0.25, 0.3) is 0 Å². The van der Waals surface area contributed by atoms with Gasteiger partial charge in [-0.2, -0.15) is 0 Å². The van der Waals surface area contributed by atoms with Crippen LogP contribution in [-0.2, 0) is 0 Å². The zero-order valence-electron chi connectivity index (χ0n) is 12.4. The molecule has 3 heterocycles. The Morgan fingerprint density at radius 3 is 2.82 bits per heavy atom. The Hall–Kier alpha value is -1.67. The summed E-state index contributed by atoms with van der Waals surface area (Å²) >= 11 is 3.08. The molecule has 0 aliphatic carbocycles. The zero-order chi connectivity index (χ0) is 15.4. The lowest BCUT2D eigenvalue weighted by Crippen LogP contribution is -2.42. The first kappa shape index (κ1) is 15.2. The third kappa shape index (κ3) is 3.95. The highest BCUT2D eigenvalue weighted by atomic mass is 32.1. The van der Waals surface area contributed by atoms with Gasteiger partial charge in [0.2, 0.25) is 0 Å². The van der Waals surface area contributed by atoms with Crippen molar-refractivity contribution in [2.75, 3.05) is 30.3 Å². The number of carbonyl (C=O) groups is 1. The molecule has 0 radical (unpaired) electrons. The molecule has 22 heavy (non-hydrogen) atoms. The monoisotopic (exact) mass is 337 g/mol. The Kier molecular flexibility index (Phi) is 4.89. The lowest BCUT2D eigenvalue weighted by atomic mass is 9.97. The average Bonchev–Trinajstić information content (AvgIpc) is 3.17. The summed E-state index contributed by atoms with van der Waals surface area (Å²) in [5.74, 6) is 0.593. The van der Waals surface area contributed by atoms with Crippen molar-refractivity contribution in [3.63, 3.8) is 0 Å². The van der Waals surface area contributed by atoms with Gasteiger partial charge in [0.25, 0.3) is 0 Å². The number of nitrogens with zero attached hydrogens (tertiary/aromatic N) is 3. The minimum atomic E-state index is -0.0410. The molecule has 0 atom stereocenters. The van der Waals surface area contributed by atoms with E-state index in [-0.39, 0.29) is 6.03 Å². The Labute approximate surface area is 137 Å². The van der Waals surface area contributed by atoms with E-state index in [1.165, 1.54) is 11.3 Å². The molecule has 2 N–H and O–H groups in total. The second-order valence-corrected chi connectivity index (χ2v) is 7.13. The molecule has 2 aromatic rings. The molecule has 1 aliphatic rings. The molecular formula is C14H19N5OS2. The predicted molar refractivity (Wildman–Crippen MR) is 90.8 cm³/mol. The zero-order valence-corrected chi connectivity index (χ0v) is 14.0. The minimum absolute atomic E-state index is 0.0410. The van der Waals surface area contributed by atoms with Gasteiger partial charge in [-0.15, -0.1) is 22.7 Å². The molecule has 0 aromatic carbocycles. The number of thiazole rings is 2. The quantitative estimate of drug-likeness (QED) is 0.898. The van der Waals surface area contributed by atoms with Gasteiger partial charge in [0.1, 0.15) is 0 Å². The number of carbonyl (C=O) groups excluding carboxylic acids is 1. The number of aryl methyl sites for hydroxylation is 1. The molecule has 8 heteroatoms. The van der Waals surface area contributed by atoms with Gasteiger partial charge in [-0.3, -0.25) is 5.32 Å². The highest BCUT2D eigenvalue weighted by Crippen LogP contribution is 2.21. The van der Waals surface area contributed by atoms with Crippen LogP contribution in [0.5, 0.6) is 0 Å². The van der Waals surface area contributed by atoms with Crippen LogP contribution in [0, 0.1) is 12.8 Å². The molecule has 1 saturated heterocycles. The van der Waals surface area contributed by atoms with Gasteiger partial charge in [-0.05, 0) is 25.7 Å². The van der Waals surface area contributed by atoms with Gasteiger partial charge in [0.05, 0.1) is 5.69 Å². The summed E-state index contributed by atoms with van der Waals surface area (Å²) in [6.07, 6.45) is 3.84. The van der Waals surface area contributed by atoms with E-state index in [2.05, 4.69) is 20.6 Å². The van der Waals surface area contributed by atoms with Crippen molar-refractivity contribution in [3.05, 3.63) is 22.7 Å². The van der Waals surface area contributed by atoms with Crippen molar-refractivity contribution < 1.29 is 4.79 Å². The third-order valence-corrected chi connectivity index (χ3v) is 5.32. The van der Waals surface area contributed by atoms with E-state index in [1.54, 1.807) is 17.5 Å². The fourth-order valence-corrected chi connectivity index (χ4v) is 3.68. The molecule has 118 valence electrons. The highest BCUT2D eigenvalue weighted by Gasteiger charge is 2.23. The molecule has 3 rings (SSSR count). The van der Waals surface area contributed by atoms with Gasteiger partial charge in [-0.25, -0.2) is 14.8 Å². The lowest BCUT2D eigenvalue weighted by molar-refractivity contribution is 0.185. The topological polar surface area (TPSA) is 70.2 Å². The molecule has 0 bridgehead atoms. The number of nitrogens with one attached hydrogen (secondary N) is 2. The number of hydrogen-bond acceptors (Lipinski definition) is 6. The fourth-order valence-electron chi connectivity index (χ4n) is 2.46. The molecule has 2 aromatic heterocycles. The van der Waals surface area contributed by atoms with Crippen molar-refractivity contribution in [2.45, 2.75) is 19.8 Å². The third-order valence-electron chi connectivity index (χ3n) is 3.71. The van der Waals surface area contributed by atoms with Crippen molar-refractivity contribution in [1.29, 1.82) is 0 Å². The van der Waals surface area contributed by atoms with E-state index in [0.717, 1.165) is 43.3 Å². The van der Waals surface area contributed by atoms with Gasteiger partial charge >= 0.3 is 6.03 Å². The van der Waals surface area contributed by atoms with Crippen LogP contribution in [0.15, 0.2) is 17.0 Å². The summed E-state index contributed by atoms with van der Waals surface area (Å²) in [5, 5.41) is 11.8. The Bertz CT molecular complexity index is 605. The SMILES string of the molecule is Cc1csc(NC(=O)N2CCC(CNc3nccs3)CC2)n1. The van der Waals surface area contributed by atoms with Crippen LogP contribution in [0.2, 0.25) is 0 Å². The first-order chi connectivity index (χ1) is 10.7. The smallest absolute Gasteiger partial charge is 0.323 e. The van der Waals surface area contributed by atoms with Crippen LogP contribution in [0.3, 0.4) is 0 Å². The fraction of sp³-hybridized carbons (Fsp3) is 0.500. The Balaban J connectivity index is 1.42. The minimum Gasteiger partial charge on any atom is -0.361 e. The van der Waals surface area contributed by atoms with Crippen molar-refractivity contribution in [1.82, 2.24) is 14.9 Å². The number of rotatable bonds is 4. The van der Waals surface area contributed by atoms with E-state index in [0.29, 0.717) is 11.0 Å². The van der Waals surface area contributed by atoms with Crippen molar-refractivity contribution >= 4 is 39.0 Å². The van der Waals surface area contributed by atoms with Crippen molar-refractivity contribution in [3.8, 4) is 0 Å².